The Kier molecular flexibility index (Phi) is 2.93. The summed E-state index contributed by atoms with van der Waals surface area (Å²) in [6.07, 6.45) is 2.90. The zero-order valence-electron chi connectivity index (χ0n) is 14.0. The van der Waals surface area contributed by atoms with Gasteiger partial charge in [0.05, 0.1) is 16.7 Å². The Morgan fingerprint density at radius 3 is 2.96 bits per heavy atom. The molecule has 3 heterocycles. The molecule has 0 bridgehead atoms. The van der Waals surface area contributed by atoms with Crippen molar-refractivity contribution >= 4 is 23.4 Å². The molecule has 4 heteroatoms. The monoisotopic (exact) mass is 330 g/mol. The van der Waals surface area contributed by atoms with Gasteiger partial charge in [0.1, 0.15) is 6.61 Å². The number of fused-ring (bicyclic) bond motifs is 3. The second-order valence-electron chi connectivity index (χ2n) is 6.86. The lowest BCUT2D eigenvalue weighted by Gasteiger charge is -2.28. The van der Waals surface area contributed by atoms with E-state index in [-0.39, 0.29) is 11.4 Å². The van der Waals surface area contributed by atoms with Crippen LogP contribution < -0.4 is 5.32 Å². The number of ether oxygens (including phenoxy) is 1. The average molecular weight is 330 g/mol. The Hall–Kier alpha value is -2.88. The molecule has 0 amide bonds. The quantitative estimate of drug-likeness (QED) is 0.595. The number of aliphatic imine (C=N–C) groups is 1. The molecule has 3 aliphatic heterocycles. The van der Waals surface area contributed by atoms with E-state index < -0.39 is 0 Å². The van der Waals surface area contributed by atoms with E-state index in [1.54, 1.807) is 0 Å². The molecular formula is C21H18N2O2. The number of rotatable bonds is 0. The van der Waals surface area contributed by atoms with E-state index in [4.69, 9.17) is 9.73 Å². The minimum absolute atomic E-state index is 0.253. The first-order valence-electron chi connectivity index (χ1n) is 8.60. The normalized spacial score (nSPS) is 26.4. The highest BCUT2D eigenvalue weighted by Crippen LogP contribution is 2.49. The number of esters is 1. The highest BCUT2D eigenvalue weighted by molar-refractivity contribution is 6.20. The van der Waals surface area contributed by atoms with Crippen molar-refractivity contribution in [1.29, 1.82) is 0 Å². The molecule has 1 fully saturated rings. The second-order valence-corrected chi connectivity index (χ2v) is 6.86. The van der Waals surface area contributed by atoms with Gasteiger partial charge in [0, 0.05) is 18.5 Å². The summed E-state index contributed by atoms with van der Waals surface area (Å²) in [6.45, 7) is 3.23. The molecule has 0 aromatic heterocycles. The minimum Gasteiger partial charge on any atom is -0.457 e. The van der Waals surface area contributed by atoms with Gasteiger partial charge in [-0.3, -0.25) is 4.99 Å². The van der Waals surface area contributed by atoms with Crippen molar-refractivity contribution in [1.82, 2.24) is 5.32 Å². The molecule has 0 saturated carbocycles. The largest absolute Gasteiger partial charge is 0.457 e. The Balaban J connectivity index is 1.79. The van der Waals surface area contributed by atoms with Crippen molar-refractivity contribution < 1.29 is 9.53 Å². The van der Waals surface area contributed by atoms with Crippen LogP contribution in [0.2, 0.25) is 0 Å². The predicted molar refractivity (Wildman–Crippen MR) is 96.8 cm³/mol. The first kappa shape index (κ1) is 14.5. The molecule has 25 heavy (non-hydrogen) atoms. The summed E-state index contributed by atoms with van der Waals surface area (Å²) in [7, 11) is 0. The van der Waals surface area contributed by atoms with Gasteiger partial charge in [-0.15, -0.1) is 0 Å². The van der Waals surface area contributed by atoms with Crippen LogP contribution in [-0.2, 0) is 21.6 Å². The number of para-hydroxylation sites is 1. The van der Waals surface area contributed by atoms with Gasteiger partial charge in [-0.1, -0.05) is 42.5 Å². The second kappa shape index (κ2) is 5.06. The van der Waals surface area contributed by atoms with Crippen LogP contribution >= 0.6 is 0 Å². The van der Waals surface area contributed by atoms with Crippen molar-refractivity contribution in [3.63, 3.8) is 0 Å². The molecule has 0 aliphatic carbocycles. The van der Waals surface area contributed by atoms with Crippen LogP contribution in [0, 0.1) is 6.92 Å². The molecule has 0 radical (unpaired) electrons. The Morgan fingerprint density at radius 2 is 2.04 bits per heavy atom. The molecule has 1 atom stereocenters. The molecule has 1 spiro atoms. The number of cyclic esters (lactones) is 1. The van der Waals surface area contributed by atoms with Gasteiger partial charge in [-0.2, -0.15) is 0 Å². The Bertz CT molecular complexity index is 974. The van der Waals surface area contributed by atoms with E-state index in [2.05, 4.69) is 30.4 Å². The van der Waals surface area contributed by atoms with Crippen molar-refractivity contribution in [2.75, 3.05) is 6.54 Å². The van der Waals surface area contributed by atoms with Gasteiger partial charge in [0.15, 0.2) is 0 Å². The number of hydrogen-bond acceptors (Lipinski definition) is 4. The molecule has 2 aromatic carbocycles. The zero-order valence-corrected chi connectivity index (χ0v) is 14.0. The minimum atomic E-state index is -0.361. The lowest BCUT2D eigenvalue weighted by atomic mass is 9.76. The third kappa shape index (κ3) is 1.88. The summed E-state index contributed by atoms with van der Waals surface area (Å²) in [5.74, 6) is -0.253. The molecule has 124 valence electrons. The number of carbonyl (C=O) groups is 1. The van der Waals surface area contributed by atoms with Crippen molar-refractivity contribution in [3.8, 4) is 0 Å². The molecule has 1 unspecified atom stereocenters. The highest BCUT2D eigenvalue weighted by atomic mass is 16.5. The number of carbonyl (C=O) groups excluding carboxylic acids is 1. The average Bonchev–Trinajstić information content (AvgIpc) is 3.22. The van der Waals surface area contributed by atoms with Crippen LogP contribution in [-0.4, -0.2) is 18.7 Å². The van der Waals surface area contributed by atoms with Crippen molar-refractivity contribution in [2.24, 2.45) is 4.99 Å². The van der Waals surface area contributed by atoms with Crippen LogP contribution in [0.15, 0.2) is 53.2 Å². The Labute approximate surface area is 146 Å². The van der Waals surface area contributed by atoms with Crippen LogP contribution in [0.3, 0.4) is 0 Å². The van der Waals surface area contributed by atoms with Gasteiger partial charge in [0.25, 0.3) is 0 Å². The fraction of sp³-hybridized carbons (Fsp3) is 0.238. The van der Waals surface area contributed by atoms with E-state index in [1.807, 2.05) is 30.5 Å². The van der Waals surface area contributed by atoms with Crippen molar-refractivity contribution in [2.45, 2.75) is 25.4 Å². The van der Waals surface area contributed by atoms with Crippen LogP contribution in [0.25, 0.3) is 5.57 Å². The third-order valence-electron chi connectivity index (χ3n) is 5.50. The first-order valence-corrected chi connectivity index (χ1v) is 8.60. The smallest absolute Gasteiger partial charge is 0.340 e. The molecular weight excluding hydrogens is 312 g/mol. The standard InChI is InChI=1S/C21H18N2O2/c1-13-5-4-8-16-18(13)23-12-21(16)9-10-22-19(21)17-15-7-3-2-6-14(15)11-25-20(17)24/h2-8,12,22H,9-11H2,1H3/b19-17-. The summed E-state index contributed by atoms with van der Waals surface area (Å²) < 4.78 is 5.46. The maximum Gasteiger partial charge on any atom is 0.340 e. The van der Waals surface area contributed by atoms with E-state index in [9.17, 15) is 4.79 Å². The molecule has 3 aliphatic rings. The van der Waals surface area contributed by atoms with Crippen LogP contribution in [0.4, 0.5) is 5.69 Å². The van der Waals surface area contributed by atoms with Crippen LogP contribution in [0.5, 0.6) is 0 Å². The van der Waals surface area contributed by atoms with Gasteiger partial charge in [-0.05, 0) is 35.6 Å². The summed E-state index contributed by atoms with van der Waals surface area (Å²) in [5.41, 5.74) is 6.61. The summed E-state index contributed by atoms with van der Waals surface area (Å²) in [4.78, 5) is 17.4. The van der Waals surface area contributed by atoms with Crippen molar-refractivity contribution in [3.05, 3.63) is 70.4 Å². The van der Waals surface area contributed by atoms with Gasteiger partial charge in [-0.25, -0.2) is 4.79 Å². The third-order valence-corrected chi connectivity index (χ3v) is 5.50. The predicted octanol–water partition coefficient (Wildman–Crippen LogP) is 3.41. The van der Waals surface area contributed by atoms with E-state index in [0.29, 0.717) is 12.2 Å². The number of nitrogens with one attached hydrogen (secondary N) is 1. The number of nitrogens with zero attached hydrogens (tertiary/aromatic N) is 1. The van der Waals surface area contributed by atoms with Gasteiger partial charge < -0.3 is 10.1 Å². The molecule has 1 N–H and O–H groups in total. The lowest BCUT2D eigenvalue weighted by Crippen LogP contribution is -2.31. The van der Waals surface area contributed by atoms with Gasteiger partial charge in [0.2, 0.25) is 0 Å². The fourth-order valence-corrected chi connectivity index (χ4v) is 4.26. The SMILES string of the molecule is Cc1cccc2c1N=CC21CCN/C1=C1\C(=O)OCc2ccccc21. The summed E-state index contributed by atoms with van der Waals surface area (Å²) in [5, 5.41) is 3.48. The van der Waals surface area contributed by atoms with E-state index in [1.165, 1.54) is 5.56 Å². The topological polar surface area (TPSA) is 50.7 Å². The maximum absolute atomic E-state index is 12.7. The zero-order chi connectivity index (χ0) is 17.0. The molecule has 5 rings (SSSR count). The number of aryl methyl sites for hydroxylation is 1. The number of allylic oxidation sites excluding steroid dienone is 1. The van der Waals surface area contributed by atoms with E-state index >= 15 is 0 Å². The Morgan fingerprint density at radius 1 is 1.16 bits per heavy atom. The maximum atomic E-state index is 12.7. The molecule has 4 nitrogen and oxygen atoms in total. The van der Waals surface area contributed by atoms with Crippen LogP contribution in [0.1, 0.15) is 28.7 Å². The fourth-order valence-electron chi connectivity index (χ4n) is 4.26. The first-order chi connectivity index (χ1) is 12.2. The molecule has 1 saturated heterocycles. The number of benzene rings is 2. The molecule has 2 aromatic rings. The number of hydrogen-bond donors (Lipinski definition) is 1. The highest BCUT2D eigenvalue weighted by Gasteiger charge is 2.47. The van der Waals surface area contributed by atoms with Gasteiger partial charge >= 0.3 is 5.97 Å². The lowest BCUT2D eigenvalue weighted by molar-refractivity contribution is -0.138. The summed E-state index contributed by atoms with van der Waals surface area (Å²) >= 11 is 0. The van der Waals surface area contributed by atoms with E-state index in [0.717, 1.165) is 41.0 Å². The summed E-state index contributed by atoms with van der Waals surface area (Å²) in [6, 6.07) is 14.3.